The van der Waals surface area contributed by atoms with E-state index >= 15 is 0 Å². The number of carbonyl (C=O) groups is 1. The predicted octanol–water partition coefficient (Wildman–Crippen LogP) is 4.15. The van der Waals surface area contributed by atoms with Gasteiger partial charge in [-0.05, 0) is 50.0 Å². The molecule has 0 radical (unpaired) electrons. The largest absolute Gasteiger partial charge is 0.334 e. The summed E-state index contributed by atoms with van der Waals surface area (Å²) in [5.74, 6) is 1.18. The van der Waals surface area contributed by atoms with E-state index in [4.69, 9.17) is 5.10 Å². The monoisotopic (exact) mass is 343 g/mol. The number of aromatic nitrogens is 2. The van der Waals surface area contributed by atoms with Gasteiger partial charge in [-0.2, -0.15) is 5.10 Å². The van der Waals surface area contributed by atoms with Crippen LogP contribution in [-0.2, 0) is 31.2 Å². The maximum Gasteiger partial charge on any atom is 0.223 e. The minimum atomic E-state index is 0.385. The number of carbonyl (C=O) groups excluding carboxylic acids is 1. The van der Waals surface area contributed by atoms with Crippen molar-refractivity contribution in [2.75, 3.05) is 0 Å². The standard InChI is InChI=1S/C21H33N3O/c1-23-20-12-6-11-18(20)19(22-23)15-24(17-9-4-5-10-17)21(25)14-13-16-7-2-3-8-16/h16-17H,2-15H2,1H3. The second kappa shape index (κ2) is 7.51. The van der Waals surface area contributed by atoms with Crippen molar-refractivity contribution in [3.8, 4) is 0 Å². The first kappa shape index (κ1) is 17.1. The van der Waals surface area contributed by atoms with Gasteiger partial charge < -0.3 is 4.90 Å². The van der Waals surface area contributed by atoms with Crippen molar-refractivity contribution in [1.29, 1.82) is 0 Å². The molecule has 0 unspecified atom stereocenters. The van der Waals surface area contributed by atoms with Gasteiger partial charge in [-0.1, -0.05) is 38.5 Å². The molecule has 25 heavy (non-hydrogen) atoms. The van der Waals surface area contributed by atoms with Gasteiger partial charge in [0, 0.05) is 25.2 Å². The highest BCUT2D eigenvalue weighted by Crippen LogP contribution is 2.32. The van der Waals surface area contributed by atoms with E-state index in [9.17, 15) is 4.79 Å². The summed E-state index contributed by atoms with van der Waals surface area (Å²) < 4.78 is 2.06. The number of nitrogens with zero attached hydrogens (tertiary/aromatic N) is 3. The molecule has 0 aromatic carbocycles. The SMILES string of the molecule is Cn1nc(CN(C(=O)CCC2CCCC2)C2CCCC2)c2c1CCC2. The number of hydrogen-bond donors (Lipinski definition) is 0. The maximum absolute atomic E-state index is 13.1. The highest BCUT2D eigenvalue weighted by Gasteiger charge is 2.30. The Bertz CT molecular complexity index is 609. The van der Waals surface area contributed by atoms with Crippen LogP contribution in [0.2, 0.25) is 0 Å². The Balaban J connectivity index is 1.46. The fraction of sp³-hybridized carbons (Fsp3) is 0.810. The average molecular weight is 344 g/mol. The van der Waals surface area contributed by atoms with Crippen LogP contribution in [-0.4, -0.2) is 26.6 Å². The van der Waals surface area contributed by atoms with Gasteiger partial charge >= 0.3 is 0 Å². The Morgan fingerprint density at radius 1 is 1.08 bits per heavy atom. The topological polar surface area (TPSA) is 38.1 Å². The summed E-state index contributed by atoms with van der Waals surface area (Å²) in [5.41, 5.74) is 4.02. The Kier molecular flexibility index (Phi) is 5.14. The first-order valence-electron chi connectivity index (χ1n) is 10.6. The lowest BCUT2D eigenvalue weighted by Gasteiger charge is -2.29. The molecule has 0 N–H and O–H groups in total. The molecule has 138 valence electrons. The number of hydrogen-bond acceptors (Lipinski definition) is 2. The molecule has 1 aromatic rings. The molecule has 2 saturated carbocycles. The maximum atomic E-state index is 13.1. The van der Waals surface area contributed by atoms with Crippen molar-refractivity contribution in [2.45, 2.75) is 96.1 Å². The van der Waals surface area contributed by atoms with Crippen LogP contribution in [0.3, 0.4) is 0 Å². The lowest BCUT2D eigenvalue weighted by atomic mass is 10.0. The fourth-order valence-electron chi connectivity index (χ4n) is 5.39. The molecule has 0 aliphatic heterocycles. The molecule has 2 fully saturated rings. The molecule has 3 aliphatic carbocycles. The van der Waals surface area contributed by atoms with E-state index in [1.54, 1.807) is 0 Å². The molecule has 4 nitrogen and oxygen atoms in total. The van der Waals surface area contributed by atoms with Crippen LogP contribution in [0.25, 0.3) is 0 Å². The van der Waals surface area contributed by atoms with Crippen molar-refractivity contribution < 1.29 is 4.79 Å². The van der Waals surface area contributed by atoms with E-state index in [-0.39, 0.29) is 0 Å². The van der Waals surface area contributed by atoms with Crippen molar-refractivity contribution >= 4 is 5.91 Å². The zero-order valence-electron chi connectivity index (χ0n) is 15.8. The van der Waals surface area contributed by atoms with Crippen molar-refractivity contribution in [2.24, 2.45) is 13.0 Å². The van der Waals surface area contributed by atoms with E-state index in [2.05, 4.69) is 16.6 Å². The number of amides is 1. The van der Waals surface area contributed by atoms with Crippen LogP contribution in [0.15, 0.2) is 0 Å². The highest BCUT2D eigenvalue weighted by atomic mass is 16.2. The Labute approximate surface area is 152 Å². The molecule has 1 amide bonds. The quantitative estimate of drug-likeness (QED) is 0.778. The molecule has 3 aliphatic rings. The zero-order chi connectivity index (χ0) is 17.2. The van der Waals surface area contributed by atoms with Crippen LogP contribution < -0.4 is 0 Å². The zero-order valence-corrected chi connectivity index (χ0v) is 15.8. The van der Waals surface area contributed by atoms with Gasteiger partial charge in [0.25, 0.3) is 0 Å². The summed E-state index contributed by atoms with van der Waals surface area (Å²) in [6, 6.07) is 0.454. The molecular weight excluding hydrogens is 310 g/mol. The molecular formula is C21H33N3O. The molecule has 0 spiro atoms. The summed E-state index contributed by atoms with van der Waals surface area (Å²) in [6.07, 6.45) is 15.7. The summed E-state index contributed by atoms with van der Waals surface area (Å²) in [4.78, 5) is 15.3. The van der Waals surface area contributed by atoms with Gasteiger partial charge in [0.2, 0.25) is 5.91 Å². The van der Waals surface area contributed by atoms with Crippen molar-refractivity contribution in [3.05, 3.63) is 17.0 Å². The fourth-order valence-corrected chi connectivity index (χ4v) is 5.39. The lowest BCUT2D eigenvalue weighted by Crippen LogP contribution is -2.38. The lowest BCUT2D eigenvalue weighted by molar-refractivity contribution is -0.134. The average Bonchev–Trinajstić information content (AvgIpc) is 3.37. The van der Waals surface area contributed by atoms with Crippen LogP contribution in [0.1, 0.15) is 87.6 Å². The van der Waals surface area contributed by atoms with E-state index in [1.165, 1.54) is 74.7 Å². The molecule has 4 rings (SSSR count). The van der Waals surface area contributed by atoms with Gasteiger partial charge in [0.05, 0.1) is 12.2 Å². The van der Waals surface area contributed by atoms with Gasteiger partial charge in [-0.25, -0.2) is 0 Å². The summed E-state index contributed by atoms with van der Waals surface area (Å²) in [7, 11) is 2.06. The first-order valence-corrected chi connectivity index (χ1v) is 10.6. The predicted molar refractivity (Wildman–Crippen MR) is 99.2 cm³/mol. The minimum Gasteiger partial charge on any atom is -0.334 e. The van der Waals surface area contributed by atoms with Crippen molar-refractivity contribution in [3.63, 3.8) is 0 Å². The third-order valence-electron chi connectivity index (χ3n) is 6.85. The van der Waals surface area contributed by atoms with Crippen molar-refractivity contribution in [1.82, 2.24) is 14.7 Å². The smallest absolute Gasteiger partial charge is 0.223 e. The minimum absolute atomic E-state index is 0.385. The van der Waals surface area contributed by atoms with E-state index in [0.717, 1.165) is 38.1 Å². The summed E-state index contributed by atoms with van der Waals surface area (Å²) in [5, 5.41) is 4.79. The number of aryl methyl sites for hydroxylation is 1. The number of rotatable bonds is 6. The van der Waals surface area contributed by atoms with Gasteiger partial charge in [0.1, 0.15) is 0 Å². The van der Waals surface area contributed by atoms with Gasteiger partial charge in [-0.3, -0.25) is 9.48 Å². The Morgan fingerprint density at radius 3 is 2.56 bits per heavy atom. The van der Waals surface area contributed by atoms with Gasteiger partial charge in [-0.15, -0.1) is 0 Å². The third-order valence-corrected chi connectivity index (χ3v) is 6.85. The summed E-state index contributed by atoms with van der Waals surface area (Å²) in [6.45, 7) is 0.747. The third kappa shape index (κ3) is 3.63. The highest BCUT2D eigenvalue weighted by molar-refractivity contribution is 5.76. The molecule has 0 saturated heterocycles. The molecule has 0 atom stereocenters. The molecule has 0 bridgehead atoms. The second-order valence-corrected chi connectivity index (χ2v) is 8.50. The summed E-state index contributed by atoms with van der Waals surface area (Å²) >= 11 is 0. The van der Waals surface area contributed by atoms with Crippen LogP contribution in [0.4, 0.5) is 0 Å². The van der Waals surface area contributed by atoms with E-state index in [0.29, 0.717) is 11.9 Å². The second-order valence-electron chi connectivity index (χ2n) is 8.50. The normalized spacial score (nSPS) is 21.2. The molecule has 4 heteroatoms. The Hall–Kier alpha value is -1.32. The Morgan fingerprint density at radius 2 is 1.80 bits per heavy atom. The van der Waals surface area contributed by atoms with E-state index in [1.807, 2.05) is 0 Å². The van der Waals surface area contributed by atoms with E-state index < -0.39 is 0 Å². The van der Waals surface area contributed by atoms with Crippen LogP contribution >= 0.6 is 0 Å². The molecule has 1 heterocycles. The first-order chi connectivity index (χ1) is 12.2. The van der Waals surface area contributed by atoms with Crippen LogP contribution in [0.5, 0.6) is 0 Å². The van der Waals surface area contributed by atoms with Gasteiger partial charge in [0.15, 0.2) is 0 Å². The molecule has 1 aromatic heterocycles. The van der Waals surface area contributed by atoms with Crippen LogP contribution in [0, 0.1) is 5.92 Å². The number of fused-ring (bicyclic) bond motifs is 1.